The monoisotopic (exact) mass is 395 g/mol. The number of hydrogen-bond donors (Lipinski definition) is 1. The number of carbonyl (C=O) groups is 3. The first kappa shape index (κ1) is 19.4. The summed E-state index contributed by atoms with van der Waals surface area (Å²) < 4.78 is 4.65. The Kier molecular flexibility index (Phi) is 5.60. The molecule has 2 aromatic carbocycles. The van der Waals surface area contributed by atoms with Crippen LogP contribution in [0.15, 0.2) is 52.4 Å². The van der Waals surface area contributed by atoms with E-state index < -0.39 is 11.9 Å². The Balaban J connectivity index is 1.83. The number of benzene rings is 2. The number of hydrogen-bond acceptors (Lipinski definition) is 7. The molecule has 1 fully saturated rings. The van der Waals surface area contributed by atoms with Crippen LogP contribution < -0.4 is 10.4 Å². The number of carboxylic acids is 1. The van der Waals surface area contributed by atoms with Crippen molar-refractivity contribution < 1.29 is 24.2 Å². The van der Waals surface area contributed by atoms with Gasteiger partial charge in [-0.1, -0.05) is 24.3 Å². The molecule has 1 aliphatic heterocycles. The van der Waals surface area contributed by atoms with Crippen LogP contribution in [0.5, 0.6) is 0 Å². The summed E-state index contributed by atoms with van der Waals surface area (Å²) in [4.78, 5) is 39.5. The molecule has 1 aliphatic rings. The van der Waals surface area contributed by atoms with Crippen LogP contribution in [0.1, 0.15) is 31.8 Å². The van der Waals surface area contributed by atoms with Crippen molar-refractivity contribution in [3.05, 3.63) is 69.6 Å². The third kappa shape index (κ3) is 4.29. The quantitative estimate of drug-likeness (QED) is 0.627. The van der Waals surface area contributed by atoms with Crippen LogP contribution in [-0.2, 0) is 9.53 Å². The lowest BCUT2D eigenvalue weighted by atomic mass is 10.1. The van der Waals surface area contributed by atoms with E-state index in [0.29, 0.717) is 21.3 Å². The first-order valence-corrected chi connectivity index (χ1v) is 8.99. The number of amides is 1. The molecule has 0 spiro atoms. The van der Waals surface area contributed by atoms with Crippen molar-refractivity contribution in [3.8, 4) is 0 Å². The molecule has 142 valence electrons. The highest BCUT2D eigenvalue weighted by Crippen LogP contribution is 2.29. The molecule has 7 nitrogen and oxygen atoms in total. The molecule has 0 radical (unpaired) electrons. The zero-order valence-corrected chi connectivity index (χ0v) is 15.8. The lowest BCUT2D eigenvalue weighted by molar-refractivity contribution is -0.255. The summed E-state index contributed by atoms with van der Waals surface area (Å²) in [5.41, 5.74) is 2.37. The number of aryl methyl sites for hydroxylation is 1. The summed E-state index contributed by atoms with van der Waals surface area (Å²) in [6, 6.07) is 11.1. The highest BCUT2D eigenvalue weighted by atomic mass is 32.2. The van der Waals surface area contributed by atoms with Crippen molar-refractivity contribution in [2.45, 2.75) is 6.92 Å². The highest BCUT2D eigenvalue weighted by Gasteiger charge is 2.24. The molecule has 1 saturated heterocycles. The molecule has 1 heterocycles. The van der Waals surface area contributed by atoms with Crippen LogP contribution in [0.3, 0.4) is 0 Å². The number of nitrogens with zero attached hydrogens (tertiary/aromatic N) is 1. The van der Waals surface area contributed by atoms with Crippen molar-refractivity contribution in [2.24, 2.45) is 4.99 Å². The minimum absolute atomic E-state index is 0.0146. The van der Waals surface area contributed by atoms with E-state index in [1.807, 2.05) is 0 Å². The van der Waals surface area contributed by atoms with Gasteiger partial charge < -0.3 is 20.0 Å². The van der Waals surface area contributed by atoms with Gasteiger partial charge in [0.1, 0.15) is 0 Å². The van der Waals surface area contributed by atoms with Gasteiger partial charge in [0.2, 0.25) is 0 Å². The molecule has 0 aromatic heterocycles. The lowest BCUT2D eigenvalue weighted by Gasteiger charge is -2.06. The third-order valence-corrected chi connectivity index (χ3v) is 4.86. The van der Waals surface area contributed by atoms with Gasteiger partial charge in [-0.3, -0.25) is 4.79 Å². The largest absolute Gasteiger partial charge is 0.545 e. The summed E-state index contributed by atoms with van der Waals surface area (Å²) in [6.07, 6.45) is 1.67. The summed E-state index contributed by atoms with van der Waals surface area (Å²) >= 11 is 1.14. The molecule has 0 atom stereocenters. The van der Waals surface area contributed by atoms with E-state index in [0.717, 1.165) is 22.9 Å². The maximum absolute atomic E-state index is 12.2. The molecule has 1 amide bonds. The Morgan fingerprint density at radius 1 is 1.14 bits per heavy atom. The molecule has 1 N–H and O–H groups in total. The average Bonchev–Trinajstić information content (AvgIpc) is 3.02. The Labute approximate surface area is 165 Å². The fourth-order valence-corrected chi connectivity index (χ4v) is 3.27. The molecule has 28 heavy (non-hydrogen) atoms. The second-order valence-electron chi connectivity index (χ2n) is 5.88. The molecule has 2 aromatic rings. The van der Waals surface area contributed by atoms with Crippen LogP contribution in [-0.4, -0.2) is 30.1 Å². The third-order valence-electron chi connectivity index (χ3n) is 3.95. The van der Waals surface area contributed by atoms with Crippen LogP contribution >= 0.6 is 11.8 Å². The molecular weight excluding hydrogens is 380 g/mol. The van der Waals surface area contributed by atoms with Crippen molar-refractivity contribution in [2.75, 3.05) is 7.11 Å². The van der Waals surface area contributed by atoms with Crippen LogP contribution in [0.4, 0.5) is 5.69 Å². The summed E-state index contributed by atoms with van der Waals surface area (Å²) in [7, 11) is 1.31. The first-order valence-electron chi connectivity index (χ1n) is 8.17. The second kappa shape index (κ2) is 8.10. The SMILES string of the molecule is COC(=O)c1ccc(/C=C2\SC(=Nc3cc(C(=O)[O-])ccc3C)NC2=O)cc1. The lowest BCUT2D eigenvalue weighted by Crippen LogP contribution is -2.22. The number of carboxylic acid groups (broad SMARTS) is 1. The average molecular weight is 395 g/mol. The number of rotatable bonds is 4. The summed E-state index contributed by atoms with van der Waals surface area (Å²) in [5.74, 6) is -2.04. The predicted molar refractivity (Wildman–Crippen MR) is 104 cm³/mol. The zero-order valence-electron chi connectivity index (χ0n) is 15.0. The Morgan fingerprint density at radius 3 is 2.46 bits per heavy atom. The number of aliphatic imine (C=N–C) groups is 1. The Hall–Kier alpha value is -3.39. The van der Waals surface area contributed by atoms with Gasteiger partial charge in [0.15, 0.2) is 5.17 Å². The maximum Gasteiger partial charge on any atom is 0.337 e. The zero-order chi connectivity index (χ0) is 20.3. The van der Waals surface area contributed by atoms with Gasteiger partial charge in [0, 0.05) is 0 Å². The van der Waals surface area contributed by atoms with Gasteiger partial charge in [0.25, 0.3) is 5.91 Å². The smallest absolute Gasteiger partial charge is 0.337 e. The number of ether oxygens (including phenoxy) is 1. The molecule has 3 rings (SSSR count). The minimum atomic E-state index is -1.29. The highest BCUT2D eigenvalue weighted by molar-refractivity contribution is 8.18. The van der Waals surface area contributed by atoms with E-state index in [2.05, 4.69) is 15.0 Å². The van der Waals surface area contributed by atoms with Gasteiger partial charge in [0.05, 0.1) is 29.2 Å². The van der Waals surface area contributed by atoms with Crippen molar-refractivity contribution in [1.82, 2.24) is 5.32 Å². The maximum atomic E-state index is 12.2. The first-order chi connectivity index (χ1) is 13.4. The molecule has 0 aliphatic carbocycles. The Bertz CT molecular complexity index is 1030. The van der Waals surface area contributed by atoms with E-state index in [1.54, 1.807) is 43.3 Å². The second-order valence-corrected chi connectivity index (χ2v) is 6.91. The predicted octanol–water partition coefficient (Wildman–Crippen LogP) is 2.04. The van der Waals surface area contributed by atoms with Crippen LogP contribution in [0.25, 0.3) is 6.08 Å². The van der Waals surface area contributed by atoms with Gasteiger partial charge >= 0.3 is 5.97 Å². The summed E-state index contributed by atoms with van der Waals surface area (Å²) in [5, 5.41) is 14.0. The van der Waals surface area contributed by atoms with Gasteiger partial charge in [-0.2, -0.15) is 0 Å². The van der Waals surface area contributed by atoms with E-state index in [4.69, 9.17) is 0 Å². The topological polar surface area (TPSA) is 108 Å². The van der Waals surface area contributed by atoms with Crippen LogP contribution in [0.2, 0.25) is 0 Å². The molecular formula is C20H15N2O5S-. The van der Waals surface area contributed by atoms with E-state index in [9.17, 15) is 19.5 Å². The molecule has 8 heteroatoms. The standard InChI is InChI=1S/C20H16N2O5S/c1-11-3-6-14(18(24)25)10-15(11)21-20-22-17(23)16(28-20)9-12-4-7-13(8-5-12)19(26)27-2/h3-10H,1-2H3,(H,24,25)(H,21,22,23)/p-1/b16-9-. The number of amidine groups is 1. The molecule has 0 bridgehead atoms. The normalized spacial score (nSPS) is 16.3. The fourth-order valence-electron chi connectivity index (χ4n) is 2.43. The minimum Gasteiger partial charge on any atom is -0.545 e. The van der Waals surface area contributed by atoms with Crippen molar-refractivity contribution in [3.63, 3.8) is 0 Å². The van der Waals surface area contributed by atoms with Crippen molar-refractivity contribution in [1.29, 1.82) is 0 Å². The van der Waals surface area contributed by atoms with E-state index >= 15 is 0 Å². The van der Waals surface area contributed by atoms with Gasteiger partial charge in [-0.15, -0.1) is 0 Å². The van der Waals surface area contributed by atoms with E-state index in [1.165, 1.54) is 19.2 Å². The van der Waals surface area contributed by atoms with Crippen molar-refractivity contribution >= 4 is 46.5 Å². The number of methoxy groups -OCH3 is 1. The van der Waals surface area contributed by atoms with Gasteiger partial charge in [-0.05, 0) is 59.7 Å². The van der Waals surface area contributed by atoms with Gasteiger partial charge in [-0.25, -0.2) is 9.79 Å². The number of aromatic carboxylic acids is 1. The molecule has 0 saturated carbocycles. The molecule has 0 unspecified atom stereocenters. The fraction of sp³-hybridized carbons (Fsp3) is 0.100. The van der Waals surface area contributed by atoms with E-state index in [-0.39, 0.29) is 11.5 Å². The number of thioether (sulfide) groups is 1. The number of esters is 1. The number of carbonyl (C=O) groups excluding carboxylic acids is 3. The summed E-state index contributed by atoms with van der Waals surface area (Å²) in [6.45, 7) is 1.79. The Morgan fingerprint density at radius 2 is 1.82 bits per heavy atom. The van der Waals surface area contributed by atoms with Crippen LogP contribution in [0, 0.1) is 6.92 Å². The number of nitrogens with one attached hydrogen (secondary N) is 1.